The number of hydrogen-bond acceptors (Lipinski definition) is 3. The average molecular weight is 315 g/mol. The average Bonchev–Trinajstić information content (AvgIpc) is 3.30. The van der Waals surface area contributed by atoms with Crippen molar-refractivity contribution < 1.29 is 8.42 Å². The lowest BCUT2D eigenvalue weighted by molar-refractivity contribution is 0.231. The van der Waals surface area contributed by atoms with Crippen LogP contribution in [0.2, 0.25) is 0 Å². The molecule has 3 fully saturated rings. The van der Waals surface area contributed by atoms with E-state index in [1.165, 1.54) is 12.8 Å². The highest BCUT2D eigenvalue weighted by Gasteiger charge is 2.43. The van der Waals surface area contributed by atoms with Gasteiger partial charge in [-0.3, -0.25) is 0 Å². The molecule has 1 aliphatic carbocycles. The molecule has 2 atom stereocenters. The van der Waals surface area contributed by atoms with Gasteiger partial charge in [0.2, 0.25) is 0 Å². The summed E-state index contributed by atoms with van der Waals surface area (Å²) in [6.45, 7) is 4.45. The molecule has 0 aromatic carbocycles. The second kappa shape index (κ2) is 6.52. The Labute approximate surface area is 129 Å². The van der Waals surface area contributed by atoms with Gasteiger partial charge in [0.05, 0.1) is 0 Å². The predicted molar refractivity (Wildman–Crippen MR) is 84.3 cm³/mol. The lowest BCUT2D eigenvalue weighted by Gasteiger charge is -2.38. The minimum Gasteiger partial charge on any atom is -0.313 e. The summed E-state index contributed by atoms with van der Waals surface area (Å²) < 4.78 is 29.7. The molecule has 0 aromatic rings. The van der Waals surface area contributed by atoms with Crippen molar-refractivity contribution in [2.75, 3.05) is 19.6 Å². The quantitative estimate of drug-likeness (QED) is 0.840. The van der Waals surface area contributed by atoms with Crippen LogP contribution in [0.3, 0.4) is 0 Å². The van der Waals surface area contributed by atoms with E-state index < -0.39 is 10.2 Å². The van der Waals surface area contributed by atoms with Gasteiger partial charge < -0.3 is 5.32 Å². The molecule has 1 N–H and O–H groups in total. The number of nitrogens with one attached hydrogen (secondary N) is 1. The Morgan fingerprint density at radius 1 is 1.10 bits per heavy atom. The van der Waals surface area contributed by atoms with Crippen LogP contribution in [0.15, 0.2) is 0 Å². The Kier molecular flexibility index (Phi) is 4.88. The highest BCUT2D eigenvalue weighted by atomic mass is 32.2. The third kappa shape index (κ3) is 3.60. The largest absolute Gasteiger partial charge is 0.313 e. The summed E-state index contributed by atoms with van der Waals surface area (Å²) in [5.41, 5.74) is 0. The van der Waals surface area contributed by atoms with Gasteiger partial charge in [0.15, 0.2) is 0 Å². The van der Waals surface area contributed by atoms with Gasteiger partial charge in [-0.15, -0.1) is 0 Å². The van der Waals surface area contributed by atoms with Crippen LogP contribution in [0.1, 0.15) is 58.3 Å². The minimum absolute atomic E-state index is 0.157. The number of piperidine rings is 2. The van der Waals surface area contributed by atoms with Gasteiger partial charge in [0, 0.05) is 31.2 Å². The Bertz CT molecular complexity index is 444. The number of hydrogen-bond donors (Lipinski definition) is 1. The number of nitrogens with zero attached hydrogens (tertiary/aromatic N) is 2. The molecular formula is C15H29N3O2S. The monoisotopic (exact) mass is 315 g/mol. The zero-order valence-electron chi connectivity index (χ0n) is 13.1. The van der Waals surface area contributed by atoms with E-state index in [9.17, 15) is 8.42 Å². The maximum absolute atomic E-state index is 13.1. The molecule has 2 unspecified atom stereocenters. The predicted octanol–water partition coefficient (Wildman–Crippen LogP) is 1.71. The molecule has 21 heavy (non-hydrogen) atoms. The van der Waals surface area contributed by atoms with Crippen molar-refractivity contribution in [1.82, 2.24) is 13.9 Å². The summed E-state index contributed by atoms with van der Waals surface area (Å²) >= 11 is 0. The first-order valence-corrected chi connectivity index (χ1v) is 10.0. The Morgan fingerprint density at radius 3 is 2.48 bits per heavy atom. The smallest absolute Gasteiger partial charge is 0.282 e. The van der Waals surface area contributed by atoms with Crippen LogP contribution < -0.4 is 5.32 Å². The van der Waals surface area contributed by atoms with Crippen molar-refractivity contribution in [1.29, 1.82) is 0 Å². The van der Waals surface area contributed by atoms with Gasteiger partial charge >= 0.3 is 0 Å². The number of rotatable bonds is 5. The zero-order chi connectivity index (χ0) is 14.9. The van der Waals surface area contributed by atoms with Crippen LogP contribution in [-0.4, -0.2) is 54.8 Å². The van der Waals surface area contributed by atoms with Crippen LogP contribution in [0.25, 0.3) is 0 Å². The van der Waals surface area contributed by atoms with Gasteiger partial charge in [-0.1, -0.05) is 12.8 Å². The van der Waals surface area contributed by atoms with E-state index in [1.54, 1.807) is 4.31 Å². The Morgan fingerprint density at radius 2 is 1.86 bits per heavy atom. The summed E-state index contributed by atoms with van der Waals surface area (Å²) in [5, 5.41) is 3.49. The van der Waals surface area contributed by atoms with E-state index >= 15 is 0 Å². The molecule has 2 saturated heterocycles. The molecule has 3 rings (SSSR count). The minimum atomic E-state index is -3.28. The zero-order valence-corrected chi connectivity index (χ0v) is 13.9. The molecule has 0 amide bonds. The normalized spacial score (nSPS) is 32.5. The van der Waals surface area contributed by atoms with Gasteiger partial charge in [0.1, 0.15) is 0 Å². The maximum Gasteiger partial charge on any atom is 0.282 e. The van der Waals surface area contributed by atoms with E-state index in [0.29, 0.717) is 19.1 Å². The van der Waals surface area contributed by atoms with Gasteiger partial charge in [0.25, 0.3) is 10.2 Å². The first kappa shape index (κ1) is 15.7. The van der Waals surface area contributed by atoms with E-state index in [0.717, 1.165) is 45.1 Å². The van der Waals surface area contributed by atoms with E-state index in [1.807, 2.05) is 4.31 Å². The molecule has 6 heteroatoms. The first-order valence-electron chi connectivity index (χ1n) is 8.61. The molecule has 5 nitrogen and oxygen atoms in total. The molecule has 0 bridgehead atoms. The third-order valence-corrected chi connectivity index (χ3v) is 7.28. The van der Waals surface area contributed by atoms with Crippen molar-refractivity contribution in [3.63, 3.8) is 0 Å². The van der Waals surface area contributed by atoms with E-state index in [-0.39, 0.29) is 12.1 Å². The molecule has 3 aliphatic rings. The fraction of sp³-hybridized carbons (Fsp3) is 1.00. The molecule has 0 spiro atoms. The highest BCUT2D eigenvalue weighted by Crippen LogP contribution is 2.33. The van der Waals surface area contributed by atoms with Crippen LogP contribution >= 0.6 is 0 Å². The third-order valence-electron chi connectivity index (χ3n) is 5.10. The Balaban J connectivity index is 1.72. The summed E-state index contributed by atoms with van der Waals surface area (Å²) in [5.74, 6) is 0. The van der Waals surface area contributed by atoms with Crippen molar-refractivity contribution in [3.05, 3.63) is 0 Å². The standard InChI is InChI=1S/C15H29N3O2S/c1-13-6-3-5-11-17(13)21(19,20)18(15-8-9-15)12-14-7-2-4-10-16-14/h13-16H,2-12H2,1H3. The van der Waals surface area contributed by atoms with Crippen LogP contribution in [-0.2, 0) is 10.2 Å². The molecule has 1 saturated carbocycles. The first-order chi connectivity index (χ1) is 10.1. The fourth-order valence-corrected chi connectivity index (χ4v) is 5.79. The lowest BCUT2D eigenvalue weighted by atomic mass is 10.1. The van der Waals surface area contributed by atoms with Crippen molar-refractivity contribution in [2.24, 2.45) is 0 Å². The lowest BCUT2D eigenvalue weighted by Crippen LogP contribution is -2.54. The van der Waals surface area contributed by atoms with Gasteiger partial charge in [-0.25, -0.2) is 0 Å². The van der Waals surface area contributed by atoms with E-state index in [4.69, 9.17) is 0 Å². The van der Waals surface area contributed by atoms with Crippen molar-refractivity contribution in [2.45, 2.75) is 76.4 Å². The summed E-state index contributed by atoms with van der Waals surface area (Å²) in [6.07, 6.45) is 8.77. The van der Waals surface area contributed by atoms with Crippen LogP contribution in [0.5, 0.6) is 0 Å². The fourth-order valence-electron chi connectivity index (χ4n) is 3.64. The van der Waals surface area contributed by atoms with Crippen molar-refractivity contribution >= 4 is 10.2 Å². The second-order valence-electron chi connectivity index (χ2n) is 6.91. The van der Waals surface area contributed by atoms with Crippen molar-refractivity contribution in [3.8, 4) is 0 Å². The molecule has 122 valence electrons. The molecule has 2 heterocycles. The summed E-state index contributed by atoms with van der Waals surface area (Å²) in [7, 11) is -3.28. The summed E-state index contributed by atoms with van der Waals surface area (Å²) in [4.78, 5) is 0. The Hall–Kier alpha value is -0.170. The van der Waals surface area contributed by atoms with Crippen LogP contribution in [0, 0.1) is 0 Å². The molecule has 0 aromatic heterocycles. The molecular weight excluding hydrogens is 286 g/mol. The van der Waals surface area contributed by atoms with E-state index in [2.05, 4.69) is 12.2 Å². The molecule has 0 radical (unpaired) electrons. The molecule has 2 aliphatic heterocycles. The van der Waals surface area contributed by atoms with Gasteiger partial charge in [-0.05, 0) is 52.0 Å². The maximum atomic E-state index is 13.1. The summed E-state index contributed by atoms with van der Waals surface area (Å²) in [6, 6.07) is 0.756. The second-order valence-corrected chi connectivity index (χ2v) is 8.74. The SMILES string of the molecule is CC1CCCCN1S(=O)(=O)N(CC1CCCCN1)C1CC1. The van der Waals surface area contributed by atoms with Crippen LogP contribution in [0.4, 0.5) is 0 Å². The topological polar surface area (TPSA) is 52.7 Å². The van der Waals surface area contributed by atoms with Gasteiger partial charge in [-0.2, -0.15) is 17.0 Å². The highest BCUT2D eigenvalue weighted by molar-refractivity contribution is 7.86.